The molecule has 1 atom stereocenters. The Morgan fingerprint density at radius 3 is 2.00 bits per heavy atom. The number of benzene rings is 2. The number of nitro benzene ring substituents is 1. The van der Waals surface area contributed by atoms with E-state index in [-0.39, 0.29) is 29.3 Å². The van der Waals surface area contributed by atoms with Crippen molar-refractivity contribution >= 4 is 29.3 Å². The highest BCUT2D eigenvalue weighted by Crippen LogP contribution is 2.28. The van der Waals surface area contributed by atoms with E-state index >= 15 is 0 Å². The van der Waals surface area contributed by atoms with Gasteiger partial charge in [0.1, 0.15) is 0 Å². The Hall–Kier alpha value is -2.91. The molecule has 2 amide bonds. The van der Waals surface area contributed by atoms with E-state index in [9.17, 15) is 24.8 Å². The number of hydrogen-bond acceptors (Lipinski definition) is 6. The summed E-state index contributed by atoms with van der Waals surface area (Å²) < 4.78 is 0. The molecular formula is C27H39N3O5S. The van der Waals surface area contributed by atoms with Crippen LogP contribution in [0.15, 0.2) is 47.4 Å². The Kier molecular flexibility index (Phi) is 11.6. The van der Waals surface area contributed by atoms with E-state index in [1.807, 2.05) is 61.5 Å². The number of aliphatic hydroxyl groups is 1. The average Bonchev–Trinajstić information content (AvgIpc) is 2.77. The standard InChI is InChI=1S/C25H33N3O5S.C2H6/c1-24(2,3)26-22(30)19-10-8-7-9-16(19)13-18(29)15-34-21-12-11-17(28(32)33)14-20(21)23(31)27-25(4,5)6;1-2/h7-12,14,18,29H,13,15H2,1-6H3,(H,26,30)(H,27,31);1-2H3. The summed E-state index contributed by atoms with van der Waals surface area (Å²) in [5.41, 5.74) is 0.321. The highest BCUT2D eigenvalue weighted by Gasteiger charge is 2.23. The number of hydrogen-bond donors (Lipinski definition) is 3. The molecule has 0 aliphatic rings. The molecule has 0 saturated carbocycles. The first-order valence-electron chi connectivity index (χ1n) is 12.0. The average molecular weight is 518 g/mol. The number of nitrogens with one attached hydrogen (secondary N) is 2. The number of nitrogens with zero attached hydrogens (tertiary/aromatic N) is 1. The molecule has 0 fully saturated rings. The Bertz CT molecular complexity index is 1060. The van der Waals surface area contributed by atoms with Crippen LogP contribution in [0.25, 0.3) is 0 Å². The topological polar surface area (TPSA) is 122 Å². The molecule has 1 unspecified atom stereocenters. The summed E-state index contributed by atoms with van der Waals surface area (Å²) in [6.45, 7) is 15.2. The minimum Gasteiger partial charge on any atom is -0.392 e. The van der Waals surface area contributed by atoms with Gasteiger partial charge in [-0.05, 0) is 65.7 Å². The molecule has 9 heteroatoms. The number of thioether (sulfide) groups is 1. The van der Waals surface area contributed by atoms with Gasteiger partial charge in [-0.1, -0.05) is 32.0 Å². The Morgan fingerprint density at radius 1 is 0.944 bits per heavy atom. The van der Waals surface area contributed by atoms with Gasteiger partial charge in [0.2, 0.25) is 0 Å². The lowest BCUT2D eigenvalue weighted by Gasteiger charge is -2.22. The number of nitro groups is 1. The van der Waals surface area contributed by atoms with Gasteiger partial charge in [-0.25, -0.2) is 0 Å². The normalized spacial score (nSPS) is 12.1. The van der Waals surface area contributed by atoms with Gasteiger partial charge in [-0.3, -0.25) is 19.7 Å². The van der Waals surface area contributed by atoms with E-state index in [1.54, 1.807) is 18.2 Å². The zero-order valence-corrected chi connectivity index (χ0v) is 23.3. The van der Waals surface area contributed by atoms with Gasteiger partial charge in [-0.15, -0.1) is 11.8 Å². The molecule has 2 aromatic carbocycles. The van der Waals surface area contributed by atoms with E-state index in [1.165, 1.54) is 30.0 Å². The molecule has 0 radical (unpaired) electrons. The smallest absolute Gasteiger partial charge is 0.270 e. The number of amides is 2. The van der Waals surface area contributed by atoms with Gasteiger partial charge >= 0.3 is 0 Å². The lowest BCUT2D eigenvalue weighted by atomic mass is 10.00. The largest absolute Gasteiger partial charge is 0.392 e. The lowest BCUT2D eigenvalue weighted by molar-refractivity contribution is -0.384. The van der Waals surface area contributed by atoms with Crippen molar-refractivity contribution in [2.24, 2.45) is 0 Å². The van der Waals surface area contributed by atoms with Crippen molar-refractivity contribution in [3.05, 3.63) is 69.3 Å². The number of non-ortho nitro benzene ring substituents is 1. The second-order valence-electron chi connectivity index (χ2n) is 10.2. The van der Waals surface area contributed by atoms with Gasteiger partial charge in [0.25, 0.3) is 17.5 Å². The van der Waals surface area contributed by atoms with Crippen LogP contribution in [-0.2, 0) is 6.42 Å². The zero-order chi connectivity index (χ0) is 27.7. The van der Waals surface area contributed by atoms with Crippen molar-refractivity contribution < 1.29 is 19.6 Å². The van der Waals surface area contributed by atoms with Crippen molar-refractivity contribution in [2.45, 2.75) is 83.9 Å². The summed E-state index contributed by atoms with van der Waals surface area (Å²) >= 11 is 1.24. The van der Waals surface area contributed by atoms with E-state index in [4.69, 9.17) is 0 Å². The molecule has 0 saturated heterocycles. The van der Waals surface area contributed by atoms with E-state index in [0.717, 1.165) is 0 Å². The molecule has 2 rings (SSSR count). The van der Waals surface area contributed by atoms with Crippen molar-refractivity contribution in [1.29, 1.82) is 0 Å². The van der Waals surface area contributed by atoms with Crippen LogP contribution in [-0.4, -0.2) is 44.8 Å². The maximum absolute atomic E-state index is 12.8. The van der Waals surface area contributed by atoms with Gasteiger partial charge in [0, 0.05) is 39.4 Å². The summed E-state index contributed by atoms with van der Waals surface area (Å²) in [6.07, 6.45) is -0.556. The van der Waals surface area contributed by atoms with Crippen LogP contribution < -0.4 is 10.6 Å². The third kappa shape index (κ3) is 10.4. The van der Waals surface area contributed by atoms with Crippen LogP contribution in [0, 0.1) is 10.1 Å². The molecule has 0 aliphatic carbocycles. The van der Waals surface area contributed by atoms with Crippen LogP contribution >= 0.6 is 11.8 Å². The van der Waals surface area contributed by atoms with Crippen molar-refractivity contribution in [3.8, 4) is 0 Å². The van der Waals surface area contributed by atoms with Crippen LogP contribution in [0.4, 0.5) is 5.69 Å². The Morgan fingerprint density at radius 2 is 1.47 bits per heavy atom. The van der Waals surface area contributed by atoms with Gasteiger partial charge in [0.15, 0.2) is 0 Å². The van der Waals surface area contributed by atoms with Crippen LogP contribution in [0.2, 0.25) is 0 Å². The quantitative estimate of drug-likeness (QED) is 0.246. The molecule has 198 valence electrons. The first-order chi connectivity index (χ1) is 16.7. The number of rotatable bonds is 8. The predicted molar refractivity (Wildman–Crippen MR) is 146 cm³/mol. The molecule has 2 aromatic rings. The molecule has 0 bridgehead atoms. The highest BCUT2D eigenvalue weighted by atomic mass is 32.2. The van der Waals surface area contributed by atoms with Gasteiger partial charge in [-0.2, -0.15) is 0 Å². The summed E-state index contributed by atoms with van der Waals surface area (Å²) in [4.78, 5) is 36.6. The molecular weight excluding hydrogens is 478 g/mol. The molecule has 3 N–H and O–H groups in total. The fourth-order valence-electron chi connectivity index (χ4n) is 3.17. The number of aliphatic hydroxyl groups excluding tert-OH is 1. The highest BCUT2D eigenvalue weighted by molar-refractivity contribution is 7.99. The minimum absolute atomic E-state index is 0.178. The van der Waals surface area contributed by atoms with Crippen molar-refractivity contribution in [1.82, 2.24) is 10.6 Å². The number of carbonyl (C=O) groups is 2. The maximum atomic E-state index is 12.8. The summed E-state index contributed by atoms with van der Waals surface area (Å²) in [5.74, 6) is -0.389. The minimum atomic E-state index is -0.803. The molecule has 36 heavy (non-hydrogen) atoms. The third-order valence-corrected chi connectivity index (χ3v) is 5.76. The van der Waals surface area contributed by atoms with E-state index in [0.29, 0.717) is 16.0 Å². The van der Waals surface area contributed by atoms with E-state index < -0.39 is 28.0 Å². The first-order valence-corrected chi connectivity index (χ1v) is 13.0. The Balaban J connectivity index is 0.00000316. The second kappa shape index (κ2) is 13.4. The number of carbonyl (C=O) groups excluding carboxylic acids is 2. The third-order valence-electron chi connectivity index (χ3n) is 4.54. The molecule has 8 nitrogen and oxygen atoms in total. The van der Waals surface area contributed by atoms with Gasteiger partial charge < -0.3 is 15.7 Å². The zero-order valence-electron chi connectivity index (χ0n) is 22.5. The van der Waals surface area contributed by atoms with Crippen LogP contribution in [0.5, 0.6) is 0 Å². The second-order valence-corrected chi connectivity index (χ2v) is 11.2. The van der Waals surface area contributed by atoms with Crippen molar-refractivity contribution in [3.63, 3.8) is 0 Å². The van der Waals surface area contributed by atoms with E-state index in [2.05, 4.69) is 10.6 Å². The van der Waals surface area contributed by atoms with Crippen LogP contribution in [0.3, 0.4) is 0 Å². The molecule has 0 heterocycles. The molecule has 0 spiro atoms. The summed E-state index contributed by atoms with van der Waals surface area (Å²) in [5, 5.41) is 27.7. The first kappa shape index (κ1) is 31.1. The fourth-order valence-corrected chi connectivity index (χ4v) is 4.13. The fraction of sp³-hybridized carbons (Fsp3) is 0.481. The summed E-state index contributed by atoms with van der Waals surface area (Å²) in [7, 11) is 0. The van der Waals surface area contributed by atoms with Gasteiger partial charge in [0.05, 0.1) is 16.6 Å². The maximum Gasteiger partial charge on any atom is 0.270 e. The summed E-state index contributed by atoms with van der Waals surface area (Å²) in [6, 6.07) is 11.2. The molecule has 0 aromatic heterocycles. The Labute approximate surface area is 218 Å². The predicted octanol–water partition coefficient (Wildman–Crippen LogP) is 5.37. The lowest BCUT2D eigenvalue weighted by Crippen LogP contribution is -2.41. The monoisotopic (exact) mass is 517 g/mol. The SMILES string of the molecule is CC.CC(C)(C)NC(=O)c1ccccc1CC(O)CSc1ccc([N+](=O)[O-])cc1C(=O)NC(C)(C)C. The molecule has 0 aliphatic heterocycles. The van der Waals surface area contributed by atoms with Crippen LogP contribution in [0.1, 0.15) is 81.7 Å². The van der Waals surface area contributed by atoms with Crippen molar-refractivity contribution in [2.75, 3.05) is 5.75 Å².